The van der Waals surface area contributed by atoms with Gasteiger partial charge in [-0.1, -0.05) is 49.8 Å². The summed E-state index contributed by atoms with van der Waals surface area (Å²) in [5, 5.41) is 2.45. The molecule has 0 bridgehead atoms. The van der Waals surface area contributed by atoms with Crippen LogP contribution in [0.15, 0.2) is 36.4 Å². The van der Waals surface area contributed by atoms with E-state index in [2.05, 4.69) is 37.3 Å². The van der Waals surface area contributed by atoms with Crippen molar-refractivity contribution in [3.63, 3.8) is 0 Å². The predicted octanol–water partition coefficient (Wildman–Crippen LogP) is 4.81. The van der Waals surface area contributed by atoms with Crippen molar-refractivity contribution >= 4 is 22.8 Å². The van der Waals surface area contributed by atoms with E-state index in [0.717, 1.165) is 12.0 Å². The van der Waals surface area contributed by atoms with Gasteiger partial charge in [0.05, 0.1) is 0 Å². The summed E-state index contributed by atoms with van der Waals surface area (Å²) in [6.07, 6.45) is 7.33. The van der Waals surface area contributed by atoms with Crippen molar-refractivity contribution in [3.8, 4) is 0 Å². The highest BCUT2D eigenvalue weighted by molar-refractivity contribution is 5.96. The lowest BCUT2D eigenvalue weighted by molar-refractivity contribution is -0.144. The molecule has 2 aromatic carbocycles. The van der Waals surface area contributed by atoms with Gasteiger partial charge >= 0.3 is 5.97 Å². The lowest BCUT2D eigenvalue weighted by atomic mass is 9.87. The van der Waals surface area contributed by atoms with E-state index in [-0.39, 0.29) is 12.1 Å². The summed E-state index contributed by atoms with van der Waals surface area (Å²) < 4.78 is 5.43. The van der Waals surface area contributed by atoms with Gasteiger partial charge in [-0.15, -0.1) is 0 Å². The molecule has 0 aromatic heterocycles. The smallest absolute Gasteiger partial charge is 0.303 e. The lowest BCUT2D eigenvalue weighted by Gasteiger charge is -2.22. The summed E-state index contributed by atoms with van der Waals surface area (Å²) in [7, 11) is 0. The van der Waals surface area contributed by atoms with Crippen molar-refractivity contribution in [1.82, 2.24) is 0 Å². The van der Waals surface area contributed by atoms with Crippen LogP contribution in [-0.2, 0) is 16.0 Å². The maximum absolute atomic E-state index is 11.3. The molecule has 21 heavy (non-hydrogen) atoms. The lowest BCUT2D eigenvalue weighted by Crippen LogP contribution is -2.10. The van der Waals surface area contributed by atoms with Crippen LogP contribution in [0.2, 0.25) is 0 Å². The number of carbonyl (C=O) groups excluding carboxylic acids is 1. The maximum Gasteiger partial charge on any atom is 0.303 e. The van der Waals surface area contributed by atoms with Gasteiger partial charge in [-0.3, -0.25) is 4.79 Å². The molecule has 0 amide bonds. The number of aryl methyl sites for hydroxylation is 1. The molecule has 2 nitrogen and oxygen atoms in total. The maximum atomic E-state index is 11.3. The molecule has 1 aliphatic carbocycles. The van der Waals surface area contributed by atoms with E-state index in [1.165, 1.54) is 41.7 Å². The van der Waals surface area contributed by atoms with Gasteiger partial charge in [0, 0.05) is 12.5 Å². The van der Waals surface area contributed by atoms with Crippen LogP contribution < -0.4 is 0 Å². The minimum Gasteiger partial charge on any atom is -0.453 e. The molecule has 0 aliphatic heterocycles. The first kappa shape index (κ1) is 13.9. The fourth-order valence-electron chi connectivity index (χ4n) is 3.06. The average Bonchev–Trinajstić information content (AvgIpc) is 2.48. The van der Waals surface area contributed by atoms with Crippen LogP contribution in [0.3, 0.4) is 0 Å². The molecular weight excluding hydrogens is 260 g/mol. The molecule has 0 heterocycles. The van der Waals surface area contributed by atoms with Crippen LogP contribution in [0.25, 0.3) is 16.8 Å². The van der Waals surface area contributed by atoms with Crippen LogP contribution in [0.1, 0.15) is 49.5 Å². The third kappa shape index (κ3) is 2.58. The van der Waals surface area contributed by atoms with E-state index in [9.17, 15) is 4.79 Å². The summed E-state index contributed by atoms with van der Waals surface area (Å²) in [6.45, 7) is 3.67. The quantitative estimate of drug-likeness (QED) is 0.751. The fraction of sp³-hybridized carbons (Fsp3) is 0.316. The number of ether oxygens (including phenoxy) is 1. The SMILES string of the molecule is CCCCc1ccc2cccc3c2c1C=CC3OC(C)=O. The standard InChI is InChI=1S/C19H20O2/c1-3-4-6-14-9-10-15-7-5-8-17-18(21-13(2)20)12-11-16(14)19(15)17/h5,7-12,18H,3-4,6H2,1-2H3. The van der Waals surface area contributed by atoms with E-state index in [1.54, 1.807) is 0 Å². The molecule has 1 unspecified atom stereocenters. The first-order valence-electron chi connectivity index (χ1n) is 7.60. The minimum atomic E-state index is -0.264. The third-order valence-corrected chi connectivity index (χ3v) is 4.05. The molecule has 1 aliphatic rings. The van der Waals surface area contributed by atoms with E-state index in [1.807, 2.05) is 12.1 Å². The Kier molecular flexibility index (Phi) is 3.78. The van der Waals surface area contributed by atoms with Gasteiger partial charge in [-0.2, -0.15) is 0 Å². The monoisotopic (exact) mass is 280 g/mol. The van der Waals surface area contributed by atoms with Crippen molar-refractivity contribution in [3.05, 3.63) is 53.1 Å². The Morgan fingerprint density at radius 1 is 1.24 bits per heavy atom. The van der Waals surface area contributed by atoms with E-state index < -0.39 is 0 Å². The zero-order valence-electron chi connectivity index (χ0n) is 12.6. The Labute approximate surface area is 125 Å². The third-order valence-electron chi connectivity index (χ3n) is 4.05. The largest absolute Gasteiger partial charge is 0.453 e. The zero-order valence-corrected chi connectivity index (χ0v) is 12.6. The van der Waals surface area contributed by atoms with Crippen LogP contribution in [0.5, 0.6) is 0 Å². The van der Waals surface area contributed by atoms with Crippen molar-refractivity contribution in [2.45, 2.75) is 39.2 Å². The molecule has 3 rings (SSSR count). The van der Waals surface area contributed by atoms with Crippen molar-refractivity contribution in [2.24, 2.45) is 0 Å². The van der Waals surface area contributed by atoms with Gasteiger partial charge in [-0.25, -0.2) is 0 Å². The summed E-state index contributed by atoms with van der Waals surface area (Å²) in [5.41, 5.74) is 3.77. The number of hydrogen-bond acceptors (Lipinski definition) is 2. The topological polar surface area (TPSA) is 26.3 Å². The number of carbonyl (C=O) groups is 1. The zero-order chi connectivity index (χ0) is 14.8. The van der Waals surface area contributed by atoms with Crippen molar-refractivity contribution in [2.75, 3.05) is 0 Å². The molecule has 0 saturated heterocycles. The highest BCUT2D eigenvalue weighted by atomic mass is 16.5. The second-order valence-electron chi connectivity index (χ2n) is 5.58. The molecule has 2 heteroatoms. The molecule has 0 saturated carbocycles. The molecule has 0 N–H and O–H groups in total. The Balaban J connectivity index is 2.13. The average molecular weight is 280 g/mol. The summed E-state index contributed by atoms with van der Waals surface area (Å²) >= 11 is 0. The summed E-state index contributed by atoms with van der Waals surface area (Å²) in [5.74, 6) is -0.243. The molecule has 2 aromatic rings. The second-order valence-corrected chi connectivity index (χ2v) is 5.58. The fourth-order valence-corrected chi connectivity index (χ4v) is 3.06. The Hall–Kier alpha value is -2.09. The van der Waals surface area contributed by atoms with Gasteiger partial charge in [-0.05, 0) is 40.8 Å². The number of rotatable bonds is 4. The first-order valence-corrected chi connectivity index (χ1v) is 7.60. The first-order chi connectivity index (χ1) is 10.2. The van der Waals surface area contributed by atoms with Gasteiger partial charge in [0.1, 0.15) is 6.10 Å². The molecule has 0 fully saturated rings. The van der Waals surface area contributed by atoms with Gasteiger partial charge in [0.25, 0.3) is 0 Å². The predicted molar refractivity (Wildman–Crippen MR) is 86.1 cm³/mol. The molecule has 1 atom stereocenters. The van der Waals surface area contributed by atoms with E-state index >= 15 is 0 Å². The molecule has 108 valence electrons. The molecule has 0 radical (unpaired) electrons. The van der Waals surface area contributed by atoms with Crippen LogP contribution in [0.4, 0.5) is 0 Å². The van der Waals surface area contributed by atoms with E-state index in [0.29, 0.717) is 0 Å². The highest BCUT2D eigenvalue weighted by Gasteiger charge is 2.21. The van der Waals surface area contributed by atoms with E-state index in [4.69, 9.17) is 4.74 Å². The number of esters is 1. The molecular formula is C19H20O2. The van der Waals surface area contributed by atoms with Crippen LogP contribution in [0, 0.1) is 0 Å². The van der Waals surface area contributed by atoms with Crippen molar-refractivity contribution in [1.29, 1.82) is 0 Å². The summed E-state index contributed by atoms with van der Waals surface area (Å²) in [6, 6.07) is 10.6. The Morgan fingerprint density at radius 3 is 2.86 bits per heavy atom. The Bertz CT molecular complexity index is 713. The molecule has 0 spiro atoms. The number of hydrogen-bond donors (Lipinski definition) is 0. The second kappa shape index (κ2) is 5.72. The van der Waals surface area contributed by atoms with Gasteiger partial charge in [0.2, 0.25) is 0 Å². The van der Waals surface area contributed by atoms with Gasteiger partial charge in [0.15, 0.2) is 0 Å². The minimum absolute atomic E-state index is 0.243. The van der Waals surface area contributed by atoms with Crippen LogP contribution >= 0.6 is 0 Å². The van der Waals surface area contributed by atoms with Crippen LogP contribution in [-0.4, -0.2) is 5.97 Å². The number of benzene rings is 2. The highest BCUT2D eigenvalue weighted by Crippen LogP contribution is 2.37. The Morgan fingerprint density at radius 2 is 2.10 bits per heavy atom. The van der Waals surface area contributed by atoms with Crippen molar-refractivity contribution < 1.29 is 9.53 Å². The summed E-state index contributed by atoms with van der Waals surface area (Å²) in [4.78, 5) is 11.3. The van der Waals surface area contributed by atoms with Gasteiger partial charge < -0.3 is 4.74 Å². The normalized spacial score (nSPS) is 16.2. The number of unbranched alkanes of at least 4 members (excludes halogenated alkanes) is 1.